The SMILES string of the molecule is Clc1ccc(O[C@H]2CCCNC2)cc1Cl. The molecule has 0 aliphatic carbocycles. The van der Waals surface area contributed by atoms with Gasteiger partial charge in [-0.15, -0.1) is 0 Å². The van der Waals surface area contributed by atoms with Crippen molar-refractivity contribution in [3.05, 3.63) is 28.2 Å². The molecule has 15 heavy (non-hydrogen) atoms. The van der Waals surface area contributed by atoms with Gasteiger partial charge in [0.25, 0.3) is 0 Å². The first kappa shape index (κ1) is 11.1. The molecule has 0 spiro atoms. The van der Waals surface area contributed by atoms with E-state index in [1.165, 1.54) is 0 Å². The maximum Gasteiger partial charge on any atom is 0.121 e. The largest absolute Gasteiger partial charge is 0.489 e. The first-order valence-electron chi connectivity index (χ1n) is 5.08. The summed E-state index contributed by atoms with van der Waals surface area (Å²) < 4.78 is 5.79. The van der Waals surface area contributed by atoms with Gasteiger partial charge in [0.1, 0.15) is 11.9 Å². The predicted molar refractivity (Wildman–Crippen MR) is 63.0 cm³/mol. The summed E-state index contributed by atoms with van der Waals surface area (Å²) in [5.74, 6) is 0.790. The lowest BCUT2D eigenvalue weighted by atomic mass is 10.1. The van der Waals surface area contributed by atoms with Crippen LogP contribution in [0.15, 0.2) is 18.2 Å². The Hall–Kier alpha value is -0.440. The van der Waals surface area contributed by atoms with Crippen LogP contribution < -0.4 is 10.1 Å². The Morgan fingerprint density at radius 2 is 2.13 bits per heavy atom. The molecule has 1 fully saturated rings. The van der Waals surface area contributed by atoms with Crippen molar-refractivity contribution in [3.8, 4) is 5.75 Å². The summed E-state index contributed by atoms with van der Waals surface area (Å²) in [6.07, 6.45) is 2.50. The first-order chi connectivity index (χ1) is 7.25. The number of piperidine rings is 1. The molecule has 0 aromatic heterocycles. The fourth-order valence-corrected chi connectivity index (χ4v) is 1.95. The monoisotopic (exact) mass is 245 g/mol. The Morgan fingerprint density at radius 1 is 1.27 bits per heavy atom. The Labute approximate surface area is 99.5 Å². The van der Waals surface area contributed by atoms with E-state index in [0.29, 0.717) is 10.0 Å². The highest BCUT2D eigenvalue weighted by Crippen LogP contribution is 2.27. The second-order valence-electron chi connectivity index (χ2n) is 3.66. The smallest absolute Gasteiger partial charge is 0.121 e. The number of nitrogens with one attached hydrogen (secondary N) is 1. The second kappa shape index (κ2) is 5.06. The molecule has 1 N–H and O–H groups in total. The van der Waals surface area contributed by atoms with Crippen LogP contribution in [0.5, 0.6) is 5.75 Å². The van der Waals surface area contributed by atoms with Crippen LogP contribution in [-0.4, -0.2) is 19.2 Å². The van der Waals surface area contributed by atoms with Crippen molar-refractivity contribution in [2.75, 3.05) is 13.1 Å². The highest BCUT2D eigenvalue weighted by molar-refractivity contribution is 6.42. The Kier molecular flexibility index (Phi) is 3.73. The number of benzene rings is 1. The number of hydrogen-bond donors (Lipinski definition) is 1. The van der Waals surface area contributed by atoms with Gasteiger partial charge in [-0.3, -0.25) is 0 Å². The summed E-state index contributed by atoms with van der Waals surface area (Å²) in [7, 11) is 0. The highest BCUT2D eigenvalue weighted by Gasteiger charge is 2.14. The molecular formula is C11H13Cl2NO. The zero-order valence-corrected chi connectivity index (χ0v) is 9.81. The van der Waals surface area contributed by atoms with Crippen molar-refractivity contribution in [1.29, 1.82) is 0 Å². The third-order valence-corrected chi connectivity index (χ3v) is 3.18. The molecule has 0 bridgehead atoms. The van der Waals surface area contributed by atoms with Gasteiger partial charge in [-0.25, -0.2) is 0 Å². The van der Waals surface area contributed by atoms with E-state index in [9.17, 15) is 0 Å². The third kappa shape index (κ3) is 3.00. The molecule has 0 unspecified atom stereocenters. The molecule has 1 aromatic carbocycles. The van der Waals surface area contributed by atoms with Crippen molar-refractivity contribution in [2.24, 2.45) is 0 Å². The molecule has 2 rings (SSSR count). The van der Waals surface area contributed by atoms with Gasteiger partial charge in [0, 0.05) is 12.6 Å². The first-order valence-corrected chi connectivity index (χ1v) is 5.84. The third-order valence-electron chi connectivity index (χ3n) is 2.45. The summed E-state index contributed by atoms with van der Waals surface area (Å²) in [6.45, 7) is 1.99. The number of ether oxygens (including phenoxy) is 1. The zero-order chi connectivity index (χ0) is 10.7. The minimum atomic E-state index is 0.246. The molecule has 1 heterocycles. The summed E-state index contributed by atoms with van der Waals surface area (Å²) in [4.78, 5) is 0. The molecule has 1 aromatic rings. The molecule has 2 nitrogen and oxygen atoms in total. The summed E-state index contributed by atoms with van der Waals surface area (Å²) in [5, 5.41) is 4.40. The molecule has 0 amide bonds. The van der Waals surface area contributed by atoms with Crippen LogP contribution in [0.3, 0.4) is 0 Å². The van der Waals surface area contributed by atoms with E-state index >= 15 is 0 Å². The van der Waals surface area contributed by atoms with E-state index in [1.807, 2.05) is 6.07 Å². The van der Waals surface area contributed by atoms with E-state index in [2.05, 4.69) is 5.32 Å². The molecule has 0 radical (unpaired) electrons. The van der Waals surface area contributed by atoms with Gasteiger partial charge in [-0.05, 0) is 31.5 Å². The normalized spacial score (nSPS) is 21.3. The lowest BCUT2D eigenvalue weighted by Gasteiger charge is -2.24. The van der Waals surface area contributed by atoms with Crippen LogP contribution in [0.25, 0.3) is 0 Å². The van der Waals surface area contributed by atoms with Crippen LogP contribution in [0, 0.1) is 0 Å². The highest BCUT2D eigenvalue weighted by atomic mass is 35.5. The Morgan fingerprint density at radius 3 is 2.80 bits per heavy atom. The van der Waals surface area contributed by atoms with E-state index < -0.39 is 0 Å². The van der Waals surface area contributed by atoms with Crippen LogP contribution in [0.1, 0.15) is 12.8 Å². The van der Waals surface area contributed by atoms with Crippen LogP contribution in [-0.2, 0) is 0 Å². The molecule has 82 valence electrons. The van der Waals surface area contributed by atoms with Gasteiger partial charge in [-0.2, -0.15) is 0 Å². The van der Waals surface area contributed by atoms with Crippen LogP contribution in [0.2, 0.25) is 10.0 Å². The zero-order valence-electron chi connectivity index (χ0n) is 8.30. The molecule has 0 saturated carbocycles. The quantitative estimate of drug-likeness (QED) is 0.865. The van der Waals surface area contributed by atoms with E-state index in [-0.39, 0.29) is 6.10 Å². The standard InChI is InChI=1S/C11H13Cl2NO/c12-10-4-3-8(6-11(10)13)15-9-2-1-5-14-7-9/h3-4,6,9,14H,1-2,5,7H2/t9-/m0/s1. The van der Waals surface area contributed by atoms with Gasteiger partial charge in [0.2, 0.25) is 0 Å². The van der Waals surface area contributed by atoms with Crippen molar-refractivity contribution >= 4 is 23.2 Å². The Bertz CT molecular complexity index is 337. The fourth-order valence-electron chi connectivity index (χ4n) is 1.66. The summed E-state index contributed by atoms with van der Waals surface area (Å²) in [6, 6.07) is 5.37. The average molecular weight is 246 g/mol. The number of halogens is 2. The van der Waals surface area contributed by atoms with Crippen LogP contribution >= 0.6 is 23.2 Å². The van der Waals surface area contributed by atoms with Gasteiger partial charge >= 0.3 is 0 Å². The van der Waals surface area contributed by atoms with Crippen molar-refractivity contribution in [3.63, 3.8) is 0 Å². The minimum absolute atomic E-state index is 0.246. The second-order valence-corrected chi connectivity index (χ2v) is 4.48. The molecular weight excluding hydrogens is 233 g/mol. The van der Waals surface area contributed by atoms with Crippen molar-refractivity contribution in [2.45, 2.75) is 18.9 Å². The molecule has 1 saturated heterocycles. The minimum Gasteiger partial charge on any atom is -0.489 e. The predicted octanol–water partition coefficient (Wildman–Crippen LogP) is 3.12. The number of hydrogen-bond acceptors (Lipinski definition) is 2. The van der Waals surface area contributed by atoms with Crippen molar-refractivity contribution < 1.29 is 4.74 Å². The van der Waals surface area contributed by atoms with Gasteiger partial charge in [0.05, 0.1) is 10.0 Å². The van der Waals surface area contributed by atoms with E-state index in [1.54, 1.807) is 12.1 Å². The summed E-state index contributed by atoms with van der Waals surface area (Å²) in [5.41, 5.74) is 0. The molecule has 4 heteroatoms. The molecule has 1 aliphatic rings. The summed E-state index contributed by atoms with van der Waals surface area (Å²) >= 11 is 11.7. The van der Waals surface area contributed by atoms with Crippen LogP contribution in [0.4, 0.5) is 0 Å². The van der Waals surface area contributed by atoms with Gasteiger partial charge in [0.15, 0.2) is 0 Å². The van der Waals surface area contributed by atoms with E-state index in [0.717, 1.165) is 31.7 Å². The Balaban J connectivity index is 2.00. The maximum absolute atomic E-state index is 5.90. The lowest BCUT2D eigenvalue weighted by molar-refractivity contribution is 0.167. The molecule has 1 atom stereocenters. The van der Waals surface area contributed by atoms with Gasteiger partial charge < -0.3 is 10.1 Å². The lowest BCUT2D eigenvalue weighted by Crippen LogP contribution is -2.37. The van der Waals surface area contributed by atoms with Gasteiger partial charge in [-0.1, -0.05) is 23.2 Å². The van der Waals surface area contributed by atoms with E-state index in [4.69, 9.17) is 27.9 Å². The maximum atomic E-state index is 5.90. The average Bonchev–Trinajstić information content (AvgIpc) is 2.25. The van der Waals surface area contributed by atoms with Crippen molar-refractivity contribution in [1.82, 2.24) is 5.32 Å². The fraction of sp³-hybridized carbons (Fsp3) is 0.455. The number of rotatable bonds is 2. The molecule has 1 aliphatic heterocycles. The topological polar surface area (TPSA) is 21.3 Å².